The lowest BCUT2D eigenvalue weighted by Crippen LogP contribution is -2.42. The van der Waals surface area contributed by atoms with E-state index in [2.05, 4.69) is 20.6 Å². The Morgan fingerprint density at radius 2 is 2.10 bits per heavy atom. The van der Waals surface area contributed by atoms with Crippen LogP contribution in [0.15, 0.2) is 29.2 Å². The lowest BCUT2D eigenvalue weighted by molar-refractivity contribution is 0.0929. The zero-order valence-electron chi connectivity index (χ0n) is 11.0. The van der Waals surface area contributed by atoms with Gasteiger partial charge < -0.3 is 15.6 Å². The van der Waals surface area contributed by atoms with Gasteiger partial charge in [0.1, 0.15) is 0 Å². The molecule has 6 nitrogen and oxygen atoms in total. The summed E-state index contributed by atoms with van der Waals surface area (Å²) in [6.07, 6.45) is 3.12. The van der Waals surface area contributed by atoms with E-state index in [-0.39, 0.29) is 17.5 Å². The molecule has 0 unspecified atom stereocenters. The molecule has 1 fully saturated rings. The van der Waals surface area contributed by atoms with Crippen molar-refractivity contribution in [2.24, 2.45) is 0 Å². The van der Waals surface area contributed by atoms with Gasteiger partial charge in [-0.15, -0.1) is 0 Å². The van der Waals surface area contributed by atoms with E-state index in [9.17, 15) is 9.59 Å². The third kappa shape index (κ3) is 2.70. The van der Waals surface area contributed by atoms with Gasteiger partial charge in [0.05, 0.1) is 17.2 Å². The third-order valence-corrected chi connectivity index (χ3v) is 3.51. The van der Waals surface area contributed by atoms with E-state index in [1.54, 1.807) is 18.2 Å². The number of hydrogen-bond donors (Lipinski definition) is 3. The van der Waals surface area contributed by atoms with Gasteiger partial charge in [0, 0.05) is 11.6 Å². The van der Waals surface area contributed by atoms with Gasteiger partial charge in [-0.25, -0.2) is 4.98 Å². The molecule has 3 rings (SSSR count). The van der Waals surface area contributed by atoms with Gasteiger partial charge in [-0.1, -0.05) is 0 Å². The number of nitrogens with zero attached hydrogens (tertiary/aromatic N) is 1. The predicted molar refractivity (Wildman–Crippen MR) is 75.7 cm³/mol. The maximum atomic E-state index is 12.2. The summed E-state index contributed by atoms with van der Waals surface area (Å²) in [5, 5.41) is 6.28. The molecule has 0 bridgehead atoms. The Morgan fingerprint density at radius 3 is 2.90 bits per heavy atom. The van der Waals surface area contributed by atoms with Crippen molar-refractivity contribution < 1.29 is 4.79 Å². The van der Waals surface area contributed by atoms with Crippen LogP contribution in [0.3, 0.4) is 0 Å². The smallest absolute Gasteiger partial charge is 0.266 e. The summed E-state index contributed by atoms with van der Waals surface area (Å²) in [6.45, 7) is 1.86. The van der Waals surface area contributed by atoms with Crippen LogP contribution in [0.1, 0.15) is 23.2 Å². The molecule has 0 radical (unpaired) electrons. The number of benzene rings is 1. The Labute approximate surface area is 115 Å². The molecule has 1 amide bonds. The summed E-state index contributed by atoms with van der Waals surface area (Å²) in [4.78, 5) is 30.1. The van der Waals surface area contributed by atoms with E-state index in [4.69, 9.17) is 0 Å². The van der Waals surface area contributed by atoms with Gasteiger partial charge in [0.2, 0.25) is 0 Å². The number of rotatable bonds is 2. The average molecular weight is 272 g/mol. The first-order valence-electron chi connectivity index (χ1n) is 6.73. The van der Waals surface area contributed by atoms with Crippen LogP contribution in [0.25, 0.3) is 11.0 Å². The predicted octanol–water partition coefficient (Wildman–Crippen LogP) is 0.405. The summed E-state index contributed by atoms with van der Waals surface area (Å²) < 4.78 is 0. The van der Waals surface area contributed by atoms with Gasteiger partial charge in [0.15, 0.2) is 0 Å². The number of H-pyrrole nitrogens is 1. The summed E-state index contributed by atoms with van der Waals surface area (Å²) in [7, 11) is 0. The molecule has 2 heterocycles. The summed E-state index contributed by atoms with van der Waals surface area (Å²) in [6, 6.07) is 5.35. The highest BCUT2D eigenvalue weighted by atomic mass is 16.1. The molecule has 2 aromatic rings. The lowest BCUT2D eigenvalue weighted by Gasteiger charge is -2.23. The van der Waals surface area contributed by atoms with Crippen LogP contribution in [-0.4, -0.2) is 35.0 Å². The lowest BCUT2D eigenvalue weighted by atomic mass is 10.1. The number of carbonyl (C=O) groups is 1. The molecule has 1 saturated heterocycles. The minimum absolute atomic E-state index is 0.108. The molecule has 1 aliphatic rings. The minimum Gasteiger partial charge on any atom is -0.349 e. The maximum Gasteiger partial charge on any atom is 0.266 e. The Balaban J connectivity index is 1.81. The van der Waals surface area contributed by atoms with Crippen LogP contribution in [0.5, 0.6) is 0 Å². The number of aromatic amines is 1. The molecule has 20 heavy (non-hydrogen) atoms. The van der Waals surface area contributed by atoms with Crippen LogP contribution in [0.2, 0.25) is 0 Å². The number of nitrogens with one attached hydrogen (secondary N) is 3. The summed E-state index contributed by atoms with van der Waals surface area (Å²) in [5.74, 6) is -0.108. The highest BCUT2D eigenvalue weighted by molar-refractivity contribution is 5.97. The average Bonchev–Trinajstić information content (AvgIpc) is 2.47. The molecule has 0 aliphatic carbocycles. The third-order valence-electron chi connectivity index (χ3n) is 3.51. The first-order valence-corrected chi connectivity index (χ1v) is 6.73. The minimum atomic E-state index is -0.270. The Bertz CT molecular complexity index is 689. The number of aromatic nitrogens is 2. The molecule has 104 valence electrons. The van der Waals surface area contributed by atoms with Crippen LogP contribution < -0.4 is 16.2 Å². The van der Waals surface area contributed by atoms with E-state index < -0.39 is 0 Å². The second kappa shape index (κ2) is 5.42. The van der Waals surface area contributed by atoms with Crippen molar-refractivity contribution in [2.45, 2.75) is 18.9 Å². The van der Waals surface area contributed by atoms with Gasteiger partial charge >= 0.3 is 0 Å². The first kappa shape index (κ1) is 12.8. The standard InChI is InChI=1S/C14H16N4O2/c19-13-8-16-11-2-1-9(7-12(11)18-13)14(20)17-10-3-5-15-6-4-10/h1-2,7-8,10,15H,3-6H2,(H,17,20)(H,18,19). The normalized spacial score (nSPS) is 16.2. The van der Waals surface area contributed by atoms with Crippen molar-refractivity contribution in [3.8, 4) is 0 Å². The quantitative estimate of drug-likeness (QED) is 0.739. The molecule has 1 aromatic heterocycles. The molecule has 0 spiro atoms. The zero-order chi connectivity index (χ0) is 13.9. The van der Waals surface area contributed by atoms with Crippen molar-refractivity contribution in [1.29, 1.82) is 0 Å². The zero-order valence-corrected chi connectivity index (χ0v) is 11.0. The molecule has 3 N–H and O–H groups in total. The summed E-state index contributed by atoms with van der Waals surface area (Å²) >= 11 is 0. The SMILES string of the molecule is O=C(NC1CCNCC1)c1ccc2ncc(=O)[nH]c2c1. The van der Waals surface area contributed by atoms with Crippen molar-refractivity contribution in [1.82, 2.24) is 20.6 Å². The summed E-state index contributed by atoms with van der Waals surface area (Å²) in [5.41, 5.74) is 1.52. The van der Waals surface area contributed by atoms with Crippen molar-refractivity contribution in [3.05, 3.63) is 40.3 Å². The van der Waals surface area contributed by atoms with E-state index in [0.29, 0.717) is 16.6 Å². The molecule has 1 aromatic carbocycles. The van der Waals surface area contributed by atoms with E-state index in [1.807, 2.05) is 0 Å². The second-order valence-corrected chi connectivity index (χ2v) is 4.98. The first-order chi connectivity index (χ1) is 9.72. The molecule has 1 aliphatic heterocycles. The number of hydrogen-bond acceptors (Lipinski definition) is 4. The van der Waals surface area contributed by atoms with Gasteiger partial charge in [-0.2, -0.15) is 0 Å². The van der Waals surface area contributed by atoms with Crippen molar-refractivity contribution >= 4 is 16.9 Å². The van der Waals surface area contributed by atoms with E-state index in [1.165, 1.54) is 6.20 Å². The van der Waals surface area contributed by atoms with Crippen LogP contribution in [-0.2, 0) is 0 Å². The monoisotopic (exact) mass is 272 g/mol. The largest absolute Gasteiger partial charge is 0.349 e. The molecule has 0 saturated carbocycles. The van der Waals surface area contributed by atoms with Crippen LogP contribution in [0.4, 0.5) is 0 Å². The number of fused-ring (bicyclic) bond motifs is 1. The number of piperidine rings is 1. The van der Waals surface area contributed by atoms with Crippen LogP contribution in [0, 0.1) is 0 Å². The van der Waals surface area contributed by atoms with Crippen LogP contribution >= 0.6 is 0 Å². The fourth-order valence-electron chi connectivity index (χ4n) is 2.42. The Kier molecular flexibility index (Phi) is 3.47. The van der Waals surface area contributed by atoms with Gasteiger partial charge in [0.25, 0.3) is 11.5 Å². The Morgan fingerprint density at radius 1 is 1.30 bits per heavy atom. The topological polar surface area (TPSA) is 86.9 Å². The van der Waals surface area contributed by atoms with Crippen molar-refractivity contribution in [3.63, 3.8) is 0 Å². The van der Waals surface area contributed by atoms with E-state index >= 15 is 0 Å². The fourth-order valence-corrected chi connectivity index (χ4v) is 2.42. The maximum absolute atomic E-state index is 12.2. The van der Waals surface area contributed by atoms with E-state index in [0.717, 1.165) is 25.9 Å². The molecule has 0 atom stereocenters. The van der Waals surface area contributed by atoms with Gasteiger partial charge in [-0.3, -0.25) is 9.59 Å². The molecular formula is C14H16N4O2. The Hall–Kier alpha value is -2.21. The van der Waals surface area contributed by atoms with Gasteiger partial charge in [-0.05, 0) is 44.1 Å². The fraction of sp³-hybridized carbons (Fsp3) is 0.357. The van der Waals surface area contributed by atoms with Crippen molar-refractivity contribution in [2.75, 3.05) is 13.1 Å². The molecule has 6 heteroatoms. The highest BCUT2D eigenvalue weighted by Gasteiger charge is 2.16. The number of carbonyl (C=O) groups excluding carboxylic acids is 1. The highest BCUT2D eigenvalue weighted by Crippen LogP contribution is 2.11. The second-order valence-electron chi connectivity index (χ2n) is 4.98. The molecular weight excluding hydrogens is 256 g/mol. The number of amides is 1.